The molecule has 4 aromatic rings. The van der Waals surface area contributed by atoms with Gasteiger partial charge in [0.05, 0.1) is 0 Å². The summed E-state index contributed by atoms with van der Waals surface area (Å²) in [5.74, 6) is 2.44. The molecule has 2 aliphatic carbocycles. The standard InChI is InChI=1S/C38H37.C4H8Si.C4H9.Zr/c1-4-15-34(37-26(5-2)24-35-30(20-13-22-32(35)37)28-16-9-7-10-17-28)38-27(6-3)25-36-31(21-14-23-33(36)38)29-18-11-8-12-19-29;1-2-4-5-3-1;1-3-4-2;/h7-14,16-25,37-38H,4-6,15H2,1-3H3;1-4H2;1,3-4H2,2H3;/q-1;;-1;+2. The minimum absolute atomic E-state index is 0. The Bertz CT molecular complexity index is 1490. The summed E-state index contributed by atoms with van der Waals surface area (Å²) in [5, 5.41) is 0. The summed E-state index contributed by atoms with van der Waals surface area (Å²) in [7, 11) is 1.31. The summed E-state index contributed by atoms with van der Waals surface area (Å²) in [4.78, 5) is 0. The number of benzene rings is 4. The third kappa shape index (κ3) is 8.78. The Balaban J connectivity index is 0.000000457. The third-order valence-electron chi connectivity index (χ3n) is 9.88. The second-order valence-electron chi connectivity index (χ2n) is 13.0. The molecule has 2 unspecified atom stereocenters. The quantitative estimate of drug-likeness (QED) is 0.119. The molecule has 3 aliphatic rings. The van der Waals surface area contributed by atoms with E-state index in [4.69, 9.17) is 0 Å². The van der Waals surface area contributed by atoms with Crippen molar-refractivity contribution in [2.24, 2.45) is 0 Å². The zero-order valence-electron chi connectivity index (χ0n) is 29.8. The molecular weight excluding hydrogens is 672 g/mol. The van der Waals surface area contributed by atoms with Crippen LogP contribution in [0.4, 0.5) is 0 Å². The molecule has 2 heteroatoms. The molecule has 0 nitrogen and oxygen atoms in total. The molecule has 2 radical (unpaired) electrons. The van der Waals surface area contributed by atoms with Crippen molar-refractivity contribution < 1.29 is 26.2 Å². The van der Waals surface area contributed by atoms with E-state index in [0.29, 0.717) is 11.8 Å². The van der Waals surface area contributed by atoms with E-state index in [1.165, 1.54) is 85.4 Å². The monoisotopic (exact) mass is 724 g/mol. The van der Waals surface area contributed by atoms with Crippen molar-refractivity contribution >= 4 is 21.7 Å². The minimum Gasteiger partial charge on any atom is -0.343 e. The third-order valence-corrected chi connectivity index (χ3v) is 11.3. The second-order valence-corrected chi connectivity index (χ2v) is 14.5. The summed E-state index contributed by atoms with van der Waals surface area (Å²) >= 11 is 0. The molecule has 1 heterocycles. The number of hydrogen-bond acceptors (Lipinski definition) is 0. The van der Waals surface area contributed by atoms with Crippen LogP contribution in [0.25, 0.3) is 34.4 Å². The van der Waals surface area contributed by atoms with Gasteiger partial charge >= 0.3 is 26.2 Å². The number of rotatable bonds is 9. The Labute approximate surface area is 314 Å². The van der Waals surface area contributed by atoms with E-state index in [2.05, 4.69) is 144 Å². The van der Waals surface area contributed by atoms with Crippen LogP contribution in [-0.2, 0) is 26.2 Å². The van der Waals surface area contributed by atoms with Gasteiger partial charge in [0.2, 0.25) is 0 Å². The maximum absolute atomic E-state index is 3.60. The zero-order valence-corrected chi connectivity index (χ0v) is 33.3. The minimum atomic E-state index is 0. The van der Waals surface area contributed by atoms with Gasteiger partial charge < -0.3 is 6.92 Å². The fourth-order valence-corrected chi connectivity index (χ4v) is 8.77. The van der Waals surface area contributed by atoms with Crippen LogP contribution in [0, 0.1) is 12.8 Å². The molecule has 1 aliphatic heterocycles. The van der Waals surface area contributed by atoms with Crippen molar-refractivity contribution in [2.45, 2.75) is 103 Å². The van der Waals surface area contributed by atoms with Gasteiger partial charge in [0, 0.05) is 9.52 Å². The molecule has 0 aromatic heterocycles. The fourth-order valence-electron chi connectivity index (χ4n) is 7.52. The van der Waals surface area contributed by atoms with Gasteiger partial charge in [-0.2, -0.15) is 12.8 Å². The molecule has 0 N–H and O–H groups in total. The van der Waals surface area contributed by atoms with Crippen molar-refractivity contribution in [3.63, 3.8) is 0 Å². The van der Waals surface area contributed by atoms with Crippen LogP contribution in [0.15, 0.2) is 108 Å². The Morgan fingerprint density at radius 1 is 0.604 bits per heavy atom. The summed E-state index contributed by atoms with van der Waals surface area (Å²) in [6.07, 6.45) is 14.8. The van der Waals surface area contributed by atoms with E-state index < -0.39 is 0 Å². The Kier molecular flexibility index (Phi) is 15.6. The SMILES string of the molecule is C1CC[Si]C1.CCC[C-](C1C(CC)=Cc2c(-c3ccccc3)cccc21)C1C(CC)=Cc2c(-c3ccccc3)cccc21.[CH2-]CCC.[Zr+2]. The van der Waals surface area contributed by atoms with Crippen LogP contribution in [0.1, 0.15) is 113 Å². The van der Waals surface area contributed by atoms with Gasteiger partial charge in [-0.25, -0.2) is 0 Å². The van der Waals surface area contributed by atoms with Crippen molar-refractivity contribution in [3.8, 4) is 22.3 Å². The molecule has 48 heavy (non-hydrogen) atoms. The van der Waals surface area contributed by atoms with Gasteiger partial charge in [-0.1, -0.05) is 197 Å². The van der Waals surface area contributed by atoms with Gasteiger partial charge in [-0.3, -0.25) is 5.92 Å². The molecule has 0 saturated carbocycles. The van der Waals surface area contributed by atoms with E-state index in [9.17, 15) is 0 Å². The van der Waals surface area contributed by atoms with Crippen molar-refractivity contribution in [1.82, 2.24) is 0 Å². The smallest absolute Gasteiger partial charge is 0.343 e. The molecule has 1 saturated heterocycles. The van der Waals surface area contributed by atoms with Crippen LogP contribution in [0.3, 0.4) is 0 Å². The maximum Gasteiger partial charge on any atom is 2.00 e. The first-order valence-corrected chi connectivity index (χ1v) is 19.7. The summed E-state index contributed by atoms with van der Waals surface area (Å²) < 4.78 is 0. The normalized spacial score (nSPS) is 17.2. The van der Waals surface area contributed by atoms with Crippen LogP contribution in [0.2, 0.25) is 12.1 Å². The van der Waals surface area contributed by atoms with Gasteiger partial charge in [0.1, 0.15) is 0 Å². The van der Waals surface area contributed by atoms with E-state index in [-0.39, 0.29) is 26.2 Å². The van der Waals surface area contributed by atoms with Gasteiger partial charge in [0.25, 0.3) is 0 Å². The summed E-state index contributed by atoms with van der Waals surface area (Å²) in [6.45, 7) is 12.7. The van der Waals surface area contributed by atoms with Crippen LogP contribution in [-0.4, -0.2) is 9.52 Å². The average molecular weight is 726 g/mol. The van der Waals surface area contributed by atoms with Gasteiger partial charge in [-0.05, 0) is 46.2 Å². The Morgan fingerprint density at radius 3 is 1.38 bits per heavy atom. The van der Waals surface area contributed by atoms with Crippen LogP contribution in [0.5, 0.6) is 0 Å². The first-order valence-electron chi connectivity index (χ1n) is 18.3. The van der Waals surface area contributed by atoms with E-state index in [1.54, 1.807) is 17.1 Å². The number of allylic oxidation sites excluding steroid dienone is 2. The van der Waals surface area contributed by atoms with Crippen LogP contribution < -0.4 is 0 Å². The molecule has 0 bridgehead atoms. The van der Waals surface area contributed by atoms with Crippen LogP contribution >= 0.6 is 0 Å². The molecule has 0 spiro atoms. The molecule has 246 valence electrons. The van der Waals surface area contributed by atoms with Crippen molar-refractivity contribution in [1.29, 1.82) is 0 Å². The molecular formula is C46H54SiZr. The largest absolute Gasteiger partial charge is 2.00 e. The first-order chi connectivity index (χ1) is 23.2. The van der Waals surface area contributed by atoms with E-state index in [0.717, 1.165) is 32.1 Å². The summed E-state index contributed by atoms with van der Waals surface area (Å²) in [6, 6.07) is 38.8. The Hall–Kier alpha value is -2.54. The molecule has 1 fully saturated rings. The molecule has 0 amide bonds. The predicted octanol–water partition coefficient (Wildman–Crippen LogP) is 13.8. The van der Waals surface area contributed by atoms with Crippen molar-refractivity contribution in [3.05, 3.63) is 143 Å². The fraction of sp³-hybridized carbons (Fsp3) is 0.348. The maximum atomic E-state index is 3.60. The first kappa shape index (κ1) is 38.3. The van der Waals surface area contributed by atoms with Gasteiger partial charge in [-0.15, -0.1) is 11.8 Å². The zero-order chi connectivity index (χ0) is 33.0. The molecule has 2 atom stereocenters. The number of hydrogen-bond donors (Lipinski definition) is 0. The molecule has 7 rings (SSSR count). The summed E-state index contributed by atoms with van der Waals surface area (Å²) in [5.41, 5.74) is 14.3. The van der Waals surface area contributed by atoms with Gasteiger partial charge in [0.15, 0.2) is 0 Å². The number of unbranched alkanes of at least 4 members (excludes halogenated alkanes) is 1. The van der Waals surface area contributed by atoms with Crippen molar-refractivity contribution in [2.75, 3.05) is 0 Å². The average Bonchev–Trinajstić information content (AvgIpc) is 3.91. The molecule has 4 aromatic carbocycles. The second kappa shape index (κ2) is 19.6. The van der Waals surface area contributed by atoms with E-state index >= 15 is 0 Å². The topological polar surface area (TPSA) is 0 Å². The Morgan fingerprint density at radius 2 is 1.04 bits per heavy atom. The predicted molar refractivity (Wildman–Crippen MR) is 209 cm³/mol. The number of fused-ring (bicyclic) bond motifs is 2. The van der Waals surface area contributed by atoms with E-state index in [1.807, 2.05) is 0 Å².